The third-order valence-electron chi connectivity index (χ3n) is 3.51. The number of hydrogen-bond acceptors (Lipinski definition) is 4. The minimum atomic E-state index is -0.236. The molecule has 1 amide bonds. The number of aryl methyl sites for hydroxylation is 1. The van der Waals surface area contributed by atoms with Crippen molar-refractivity contribution in [2.75, 3.05) is 26.7 Å². The minimum Gasteiger partial charge on any atom is -0.469 e. The van der Waals surface area contributed by atoms with Crippen LogP contribution in [0.4, 0.5) is 0 Å². The Morgan fingerprint density at radius 3 is 2.83 bits per heavy atom. The van der Waals surface area contributed by atoms with E-state index in [0.717, 1.165) is 31.7 Å². The van der Waals surface area contributed by atoms with Crippen LogP contribution >= 0.6 is 0 Å². The molecule has 5 nitrogen and oxygen atoms in total. The molecule has 1 aliphatic heterocycles. The summed E-state index contributed by atoms with van der Waals surface area (Å²) in [7, 11) is 1.71. The van der Waals surface area contributed by atoms with Crippen LogP contribution in [-0.2, 0) is 4.74 Å². The smallest absolute Gasteiger partial charge is 0.254 e. The van der Waals surface area contributed by atoms with E-state index >= 15 is 0 Å². The molecule has 0 unspecified atom stereocenters. The van der Waals surface area contributed by atoms with Crippen molar-refractivity contribution in [3.05, 3.63) is 23.7 Å². The van der Waals surface area contributed by atoms with Crippen molar-refractivity contribution in [3.8, 4) is 0 Å². The van der Waals surface area contributed by atoms with E-state index in [2.05, 4.69) is 10.6 Å². The molecule has 0 radical (unpaired) electrons. The summed E-state index contributed by atoms with van der Waals surface area (Å²) in [4.78, 5) is 11.9. The largest absolute Gasteiger partial charge is 0.469 e. The van der Waals surface area contributed by atoms with Crippen molar-refractivity contribution < 1.29 is 13.9 Å². The third kappa shape index (κ3) is 2.91. The van der Waals surface area contributed by atoms with Crippen molar-refractivity contribution in [2.45, 2.75) is 25.4 Å². The third-order valence-corrected chi connectivity index (χ3v) is 3.51. The number of nitrogens with one attached hydrogen (secondary N) is 2. The van der Waals surface area contributed by atoms with Crippen LogP contribution in [0.3, 0.4) is 0 Å². The van der Waals surface area contributed by atoms with Gasteiger partial charge in [0.05, 0.1) is 11.2 Å². The molecule has 1 aromatic rings. The molecule has 100 valence electrons. The SMILES string of the molecule is COC1(CNC(=O)c2coc(C)c2)CCNCC1. The lowest BCUT2D eigenvalue weighted by Crippen LogP contribution is -2.50. The maximum atomic E-state index is 11.9. The van der Waals surface area contributed by atoms with Gasteiger partial charge in [-0.3, -0.25) is 4.79 Å². The highest BCUT2D eigenvalue weighted by molar-refractivity contribution is 5.93. The molecule has 1 aliphatic rings. The molecule has 0 bridgehead atoms. The van der Waals surface area contributed by atoms with Crippen molar-refractivity contribution in [2.24, 2.45) is 0 Å². The fourth-order valence-corrected chi connectivity index (χ4v) is 2.24. The normalized spacial score (nSPS) is 18.6. The van der Waals surface area contributed by atoms with Crippen molar-refractivity contribution in [1.82, 2.24) is 10.6 Å². The molecule has 0 aromatic carbocycles. The number of piperidine rings is 1. The van der Waals surface area contributed by atoms with Gasteiger partial charge in [-0.15, -0.1) is 0 Å². The van der Waals surface area contributed by atoms with Crippen LogP contribution in [0.25, 0.3) is 0 Å². The molecule has 2 rings (SSSR count). The first kappa shape index (κ1) is 13.1. The zero-order valence-corrected chi connectivity index (χ0v) is 10.9. The first-order valence-corrected chi connectivity index (χ1v) is 6.24. The fraction of sp³-hybridized carbons (Fsp3) is 0.615. The number of rotatable bonds is 4. The number of ether oxygens (including phenoxy) is 1. The first-order valence-electron chi connectivity index (χ1n) is 6.24. The summed E-state index contributed by atoms with van der Waals surface area (Å²) in [6, 6.07) is 1.73. The summed E-state index contributed by atoms with van der Waals surface area (Å²) in [6.07, 6.45) is 3.30. The molecule has 18 heavy (non-hydrogen) atoms. The maximum Gasteiger partial charge on any atom is 0.254 e. The second kappa shape index (κ2) is 5.54. The molecule has 5 heteroatoms. The Morgan fingerprint density at radius 2 is 2.28 bits per heavy atom. The highest BCUT2D eigenvalue weighted by Gasteiger charge is 2.32. The van der Waals surface area contributed by atoms with Crippen LogP contribution in [-0.4, -0.2) is 38.3 Å². The van der Waals surface area contributed by atoms with Crippen LogP contribution in [0.5, 0.6) is 0 Å². The lowest BCUT2D eigenvalue weighted by molar-refractivity contribution is -0.0312. The Bertz CT molecular complexity index is 408. The van der Waals surface area contributed by atoms with Gasteiger partial charge in [0.2, 0.25) is 0 Å². The van der Waals surface area contributed by atoms with E-state index < -0.39 is 0 Å². The molecule has 2 heterocycles. The van der Waals surface area contributed by atoms with E-state index in [-0.39, 0.29) is 11.5 Å². The molecule has 2 N–H and O–H groups in total. The predicted molar refractivity (Wildman–Crippen MR) is 67.6 cm³/mol. The quantitative estimate of drug-likeness (QED) is 0.842. The maximum absolute atomic E-state index is 11.9. The van der Waals surface area contributed by atoms with Gasteiger partial charge >= 0.3 is 0 Å². The molecular formula is C13H20N2O3. The Balaban J connectivity index is 1.91. The number of amides is 1. The van der Waals surface area contributed by atoms with Gasteiger partial charge in [0, 0.05) is 13.7 Å². The van der Waals surface area contributed by atoms with Gasteiger partial charge in [-0.25, -0.2) is 0 Å². The summed E-state index contributed by atoms with van der Waals surface area (Å²) >= 11 is 0. The minimum absolute atomic E-state index is 0.109. The molecule has 0 spiro atoms. The summed E-state index contributed by atoms with van der Waals surface area (Å²) in [5.74, 6) is 0.630. The Labute approximate surface area is 107 Å². The molecule has 1 fully saturated rings. The predicted octanol–water partition coefficient (Wildman–Crippen LogP) is 1.09. The average Bonchev–Trinajstić information content (AvgIpc) is 2.84. The zero-order chi connectivity index (χ0) is 13.0. The molecule has 0 aliphatic carbocycles. The van der Waals surface area contributed by atoms with Crippen molar-refractivity contribution >= 4 is 5.91 Å². The van der Waals surface area contributed by atoms with Gasteiger partial charge in [-0.1, -0.05) is 0 Å². The second-order valence-corrected chi connectivity index (χ2v) is 4.77. The monoisotopic (exact) mass is 252 g/mol. The first-order chi connectivity index (χ1) is 8.65. The summed E-state index contributed by atoms with van der Waals surface area (Å²) < 4.78 is 10.7. The van der Waals surface area contributed by atoms with E-state index in [1.165, 1.54) is 6.26 Å². The number of methoxy groups -OCH3 is 1. The van der Waals surface area contributed by atoms with Gasteiger partial charge < -0.3 is 19.8 Å². The van der Waals surface area contributed by atoms with E-state index in [9.17, 15) is 4.79 Å². The van der Waals surface area contributed by atoms with Crippen LogP contribution in [0, 0.1) is 6.92 Å². The zero-order valence-electron chi connectivity index (χ0n) is 10.9. The van der Waals surface area contributed by atoms with Crippen LogP contribution < -0.4 is 10.6 Å². The molecule has 0 atom stereocenters. The Kier molecular flexibility index (Phi) is 4.04. The van der Waals surface area contributed by atoms with Gasteiger partial charge in [-0.2, -0.15) is 0 Å². The van der Waals surface area contributed by atoms with Crippen LogP contribution in [0.2, 0.25) is 0 Å². The number of furan rings is 1. The summed E-state index contributed by atoms with van der Waals surface area (Å²) in [5.41, 5.74) is 0.326. The molecule has 1 saturated heterocycles. The van der Waals surface area contributed by atoms with Gasteiger partial charge in [0.25, 0.3) is 5.91 Å². The van der Waals surface area contributed by atoms with E-state index in [4.69, 9.17) is 9.15 Å². The van der Waals surface area contributed by atoms with E-state index in [0.29, 0.717) is 12.1 Å². The standard InChI is InChI=1S/C13H20N2O3/c1-10-7-11(8-18-10)12(16)15-9-13(17-2)3-5-14-6-4-13/h7-8,14H,3-6,9H2,1-2H3,(H,15,16). The Hall–Kier alpha value is -1.33. The lowest BCUT2D eigenvalue weighted by atomic mass is 9.92. The number of carbonyl (C=O) groups is 1. The summed E-state index contributed by atoms with van der Waals surface area (Å²) in [5, 5.41) is 6.21. The van der Waals surface area contributed by atoms with E-state index in [1.54, 1.807) is 13.2 Å². The number of hydrogen-bond donors (Lipinski definition) is 2. The molecular weight excluding hydrogens is 232 g/mol. The number of carbonyl (C=O) groups excluding carboxylic acids is 1. The van der Waals surface area contributed by atoms with Crippen molar-refractivity contribution in [1.29, 1.82) is 0 Å². The highest BCUT2D eigenvalue weighted by atomic mass is 16.5. The van der Waals surface area contributed by atoms with Gasteiger partial charge in [0.1, 0.15) is 12.0 Å². The van der Waals surface area contributed by atoms with Gasteiger partial charge in [0.15, 0.2) is 0 Å². The molecule has 1 aromatic heterocycles. The van der Waals surface area contributed by atoms with Crippen molar-refractivity contribution in [3.63, 3.8) is 0 Å². The average molecular weight is 252 g/mol. The lowest BCUT2D eigenvalue weighted by Gasteiger charge is -2.36. The van der Waals surface area contributed by atoms with Crippen LogP contribution in [0.15, 0.2) is 16.7 Å². The molecule has 0 saturated carbocycles. The fourth-order valence-electron chi connectivity index (χ4n) is 2.24. The summed E-state index contributed by atoms with van der Waals surface area (Å²) in [6.45, 7) is 4.21. The van der Waals surface area contributed by atoms with Gasteiger partial charge in [-0.05, 0) is 38.9 Å². The second-order valence-electron chi connectivity index (χ2n) is 4.77. The Morgan fingerprint density at radius 1 is 1.56 bits per heavy atom. The van der Waals surface area contributed by atoms with E-state index in [1.807, 2.05) is 6.92 Å². The van der Waals surface area contributed by atoms with Crippen LogP contribution in [0.1, 0.15) is 29.0 Å². The topological polar surface area (TPSA) is 63.5 Å². The highest BCUT2D eigenvalue weighted by Crippen LogP contribution is 2.21.